The van der Waals surface area contributed by atoms with E-state index in [1.807, 2.05) is 0 Å². The van der Waals surface area contributed by atoms with Crippen molar-refractivity contribution < 1.29 is 4.79 Å². The highest BCUT2D eigenvalue weighted by Crippen LogP contribution is 2.25. The van der Waals surface area contributed by atoms with Gasteiger partial charge in [0.2, 0.25) is 5.91 Å². The van der Waals surface area contributed by atoms with Crippen LogP contribution < -0.4 is 10.9 Å². The molecule has 7 nitrogen and oxygen atoms in total. The van der Waals surface area contributed by atoms with E-state index in [-0.39, 0.29) is 6.54 Å². The van der Waals surface area contributed by atoms with Crippen LogP contribution in [-0.4, -0.2) is 25.5 Å². The summed E-state index contributed by atoms with van der Waals surface area (Å²) in [6.45, 7) is -0.257. The molecule has 0 fully saturated rings. The molecule has 122 valence electrons. The third-order valence-corrected chi connectivity index (χ3v) is 3.64. The Labute approximate surface area is 146 Å². The number of carbonyl (C=O) groups excluding carboxylic acids is 1. The molecular formula is C15H11Cl2N5O2. The molecule has 0 spiro atoms. The number of hydrogen-bond acceptors (Lipinski definition) is 4. The summed E-state index contributed by atoms with van der Waals surface area (Å²) in [4.78, 5) is 24.0. The van der Waals surface area contributed by atoms with Crippen molar-refractivity contribution in [3.05, 3.63) is 69.2 Å². The Bertz CT molecular complexity index is 937. The van der Waals surface area contributed by atoms with Gasteiger partial charge in [-0.05, 0) is 30.3 Å². The van der Waals surface area contributed by atoms with Gasteiger partial charge >= 0.3 is 0 Å². The summed E-state index contributed by atoms with van der Waals surface area (Å²) in [5.41, 5.74) is 0.00519. The quantitative estimate of drug-likeness (QED) is 0.771. The Morgan fingerprint density at radius 2 is 2.04 bits per heavy atom. The van der Waals surface area contributed by atoms with E-state index in [0.29, 0.717) is 21.6 Å². The van der Waals surface area contributed by atoms with Crippen LogP contribution >= 0.6 is 23.2 Å². The van der Waals surface area contributed by atoms with Crippen LogP contribution in [0, 0.1) is 0 Å². The Hall–Kier alpha value is -2.64. The molecule has 2 heterocycles. The van der Waals surface area contributed by atoms with E-state index in [9.17, 15) is 9.59 Å². The molecular weight excluding hydrogens is 353 g/mol. The molecule has 1 amide bonds. The Morgan fingerprint density at radius 1 is 1.21 bits per heavy atom. The topological polar surface area (TPSA) is 81.8 Å². The average molecular weight is 364 g/mol. The first-order valence-electron chi connectivity index (χ1n) is 6.86. The molecule has 0 radical (unpaired) electrons. The van der Waals surface area contributed by atoms with Gasteiger partial charge in [-0.1, -0.05) is 23.2 Å². The SMILES string of the molecule is O=C(Cn1nc(-n2cccn2)ccc1=O)Nc1ccc(Cl)cc1Cl. The highest BCUT2D eigenvalue weighted by molar-refractivity contribution is 6.36. The van der Waals surface area contributed by atoms with Gasteiger partial charge in [0.25, 0.3) is 5.56 Å². The first kappa shape index (κ1) is 16.2. The summed E-state index contributed by atoms with van der Waals surface area (Å²) in [6.07, 6.45) is 3.27. The predicted molar refractivity (Wildman–Crippen MR) is 90.7 cm³/mol. The standard InChI is InChI=1S/C15H11Cl2N5O2/c16-10-2-3-12(11(17)8-10)19-14(23)9-22-15(24)5-4-13(20-22)21-7-1-6-18-21/h1-8H,9H2,(H,19,23). The maximum atomic E-state index is 12.1. The third kappa shape index (κ3) is 3.64. The fourth-order valence-electron chi connectivity index (χ4n) is 1.99. The summed E-state index contributed by atoms with van der Waals surface area (Å²) < 4.78 is 2.54. The molecule has 0 saturated carbocycles. The van der Waals surface area contributed by atoms with Gasteiger partial charge in [-0.3, -0.25) is 9.59 Å². The molecule has 2 aromatic heterocycles. The lowest BCUT2D eigenvalue weighted by Crippen LogP contribution is -2.30. The highest BCUT2D eigenvalue weighted by atomic mass is 35.5. The molecule has 0 unspecified atom stereocenters. The van der Waals surface area contributed by atoms with Gasteiger partial charge in [0.05, 0.1) is 10.7 Å². The maximum absolute atomic E-state index is 12.1. The van der Waals surface area contributed by atoms with Crippen LogP contribution in [0.5, 0.6) is 0 Å². The van der Waals surface area contributed by atoms with Crippen molar-refractivity contribution in [3.63, 3.8) is 0 Å². The van der Waals surface area contributed by atoms with E-state index in [4.69, 9.17) is 23.2 Å². The van der Waals surface area contributed by atoms with Crippen LogP contribution in [0.4, 0.5) is 5.69 Å². The molecule has 9 heteroatoms. The van der Waals surface area contributed by atoms with Crippen LogP contribution in [0.1, 0.15) is 0 Å². The Balaban J connectivity index is 1.79. The summed E-state index contributed by atoms with van der Waals surface area (Å²) >= 11 is 11.8. The van der Waals surface area contributed by atoms with Crippen molar-refractivity contribution in [2.45, 2.75) is 6.54 Å². The number of nitrogens with zero attached hydrogens (tertiary/aromatic N) is 4. The summed E-state index contributed by atoms with van der Waals surface area (Å²) in [5.74, 6) is -0.0108. The molecule has 0 aliphatic carbocycles. The Morgan fingerprint density at radius 3 is 2.75 bits per heavy atom. The van der Waals surface area contributed by atoms with Crippen molar-refractivity contribution in [2.24, 2.45) is 0 Å². The minimum Gasteiger partial charge on any atom is -0.323 e. The molecule has 0 bridgehead atoms. The zero-order chi connectivity index (χ0) is 17.1. The normalized spacial score (nSPS) is 10.6. The van der Waals surface area contributed by atoms with Crippen molar-refractivity contribution in [1.29, 1.82) is 0 Å². The van der Waals surface area contributed by atoms with Crippen molar-refractivity contribution in [1.82, 2.24) is 19.6 Å². The molecule has 0 aliphatic heterocycles. The molecule has 1 N–H and O–H groups in total. The van der Waals surface area contributed by atoms with Gasteiger partial charge in [0.15, 0.2) is 5.82 Å². The fraction of sp³-hybridized carbons (Fsp3) is 0.0667. The predicted octanol–water partition coefficient (Wildman–Crippen LogP) is 2.37. The number of amides is 1. The number of anilines is 1. The Kier molecular flexibility index (Phi) is 4.64. The third-order valence-electron chi connectivity index (χ3n) is 3.09. The number of rotatable bonds is 4. The first-order valence-corrected chi connectivity index (χ1v) is 7.61. The lowest BCUT2D eigenvalue weighted by atomic mass is 10.3. The van der Waals surface area contributed by atoms with Gasteiger partial charge in [0, 0.05) is 23.5 Å². The number of benzene rings is 1. The van der Waals surface area contributed by atoms with E-state index in [1.54, 1.807) is 30.6 Å². The molecule has 1 aromatic carbocycles. The summed E-state index contributed by atoms with van der Waals surface area (Å²) in [7, 11) is 0. The maximum Gasteiger partial charge on any atom is 0.267 e. The van der Waals surface area contributed by atoms with E-state index in [1.165, 1.54) is 22.9 Å². The second-order valence-corrected chi connectivity index (χ2v) is 5.65. The number of nitrogens with one attached hydrogen (secondary N) is 1. The van der Waals surface area contributed by atoms with E-state index in [2.05, 4.69) is 15.5 Å². The number of halogens is 2. The number of aromatic nitrogens is 4. The zero-order valence-electron chi connectivity index (χ0n) is 12.2. The molecule has 3 aromatic rings. The summed E-state index contributed by atoms with van der Waals surface area (Å²) in [5, 5.41) is 11.5. The minimum absolute atomic E-state index is 0.257. The van der Waals surface area contributed by atoms with Crippen LogP contribution in [-0.2, 0) is 11.3 Å². The van der Waals surface area contributed by atoms with Crippen LogP contribution in [0.25, 0.3) is 5.82 Å². The van der Waals surface area contributed by atoms with E-state index >= 15 is 0 Å². The number of carbonyl (C=O) groups is 1. The van der Waals surface area contributed by atoms with Gasteiger partial charge in [0.1, 0.15) is 6.54 Å². The fourth-order valence-corrected chi connectivity index (χ4v) is 2.45. The largest absolute Gasteiger partial charge is 0.323 e. The number of hydrogen-bond donors (Lipinski definition) is 1. The van der Waals surface area contributed by atoms with Crippen molar-refractivity contribution in [3.8, 4) is 5.82 Å². The van der Waals surface area contributed by atoms with E-state index in [0.717, 1.165) is 4.68 Å². The minimum atomic E-state index is -0.438. The van der Waals surface area contributed by atoms with Gasteiger partial charge < -0.3 is 5.32 Å². The second kappa shape index (κ2) is 6.86. The highest BCUT2D eigenvalue weighted by Gasteiger charge is 2.10. The van der Waals surface area contributed by atoms with Crippen molar-refractivity contribution in [2.75, 3.05) is 5.32 Å². The molecule has 24 heavy (non-hydrogen) atoms. The zero-order valence-corrected chi connectivity index (χ0v) is 13.7. The molecule has 0 saturated heterocycles. The monoisotopic (exact) mass is 363 g/mol. The van der Waals surface area contributed by atoms with E-state index < -0.39 is 11.5 Å². The van der Waals surface area contributed by atoms with Crippen LogP contribution in [0.3, 0.4) is 0 Å². The lowest BCUT2D eigenvalue weighted by molar-refractivity contribution is -0.117. The molecule has 3 rings (SSSR count). The van der Waals surface area contributed by atoms with Crippen LogP contribution in [0.2, 0.25) is 10.0 Å². The van der Waals surface area contributed by atoms with Gasteiger partial charge in [-0.15, -0.1) is 5.10 Å². The lowest BCUT2D eigenvalue weighted by Gasteiger charge is -2.09. The molecule has 0 atom stereocenters. The van der Waals surface area contributed by atoms with Crippen molar-refractivity contribution >= 4 is 34.8 Å². The van der Waals surface area contributed by atoms with Crippen LogP contribution in [0.15, 0.2) is 53.6 Å². The first-order chi connectivity index (χ1) is 11.5. The summed E-state index contributed by atoms with van der Waals surface area (Å²) in [6, 6.07) is 9.28. The smallest absolute Gasteiger partial charge is 0.267 e. The average Bonchev–Trinajstić information content (AvgIpc) is 3.07. The second-order valence-electron chi connectivity index (χ2n) is 4.81. The molecule has 0 aliphatic rings. The van der Waals surface area contributed by atoms with Gasteiger partial charge in [-0.2, -0.15) is 5.10 Å². The van der Waals surface area contributed by atoms with Gasteiger partial charge in [-0.25, -0.2) is 9.36 Å².